The smallest absolute Gasteiger partial charge is 0.235 e. The molecule has 0 aliphatic carbocycles. The van der Waals surface area contributed by atoms with Crippen molar-refractivity contribution in [3.63, 3.8) is 0 Å². The summed E-state index contributed by atoms with van der Waals surface area (Å²) >= 11 is 0. The number of aromatic nitrogens is 1. The van der Waals surface area contributed by atoms with Crippen LogP contribution in [0.1, 0.15) is 15.9 Å². The van der Waals surface area contributed by atoms with Gasteiger partial charge in [0.15, 0.2) is 5.76 Å². The maximum Gasteiger partial charge on any atom is 0.235 e. The maximum atomic E-state index is 12.4. The zero-order valence-electron chi connectivity index (χ0n) is 11.6. The summed E-state index contributed by atoms with van der Waals surface area (Å²) in [6, 6.07) is 6.97. The number of nitrogens with zero attached hydrogens (tertiary/aromatic N) is 1. The number of Topliss-reactive ketones (excluding diaryl/α,β-unsaturated/α-hetero) is 1. The van der Waals surface area contributed by atoms with E-state index in [2.05, 4.69) is 4.98 Å². The number of ether oxygens (including phenoxy) is 3. The van der Waals surface area contributed by atoms with Gasteiger partial charge in [0.25, 0.3) is 0 Å². The lowest BCUT2D eigenvalue weighted by atomic mass is 10.1. The fraction of sp³-hybridized carbons (Fsp3) is 0.125. The monoisotopic (exact) mass is 283 g/mol. The van der Waals surface area contributed by atoms with E-state index in [1.165, 1.54) is 7.11 Å². The SMILES string of the molecule is COc1cc(OC)c2c(c1)O/C(=C\c1cccnc1)C2=O. The zero-order chi connectivity index (χ0) is 14.8. The lowest BCUT2D eigenvalue weighted by molar-refractivity contribution is 0.101. The summed E-state index contributed by atoms with van der Waals surface area (Å²) in [4.78, 5) is 16.5. The molecule has 0 unspecified atom stereocenters. The molecule has 1 aliphatic heterocycles. The standard InChI is InChI=1S/C16H13NO4/c1-19-11-7-12(20-2)15-13(8-11)21-14(16(15)18)6-10-4-3-5-17-9-10/h3-9H,1-2H3/b14-6-. The van der Waals surface area contributed by atoms with Crippen molar-refractivity contribution in [2.45, 2.75) is 0 Å². The van der Waals surface area contributed by atoms with E-state index in [1.54, 1.807) is 43.8 Å². The van der Waals surface area contributed by atoms with Gasteiger partial charge in [-0.25, -0.2) is 0 Å². The number of methoxy groups -OCH3 is 2. The van der Waals surface area contributed by atoms with E-state index in [-0.39, 0.29) is 11.5 Å². The normalized spacial score (nSPS) is 14.8. The van der Waals surface area contributed by atoms with E-state index in [0.717, 1.165) is 5.56 Å². The van der Waals surface area contributed by atoms with E-state index in [4.69, 9.17) is 14.2 Å². The second-order valence-corrected chi connectivity index (χ2v) is 4.43. The quantitative estimate of drug-likeness (QED) is 0.811. The molecule has 2 heterocycles. The van der Waals surface area contributed by atoms with Gasteiger partial charge in [0.05, 0.1) is 14.2 Å². The Morgan fingerprint density at radius 2 is 2.10 bits per heavy atom. The number of hydrogen-bond donors (Lipinski definition) is 0. The number of benzene rings is 1. The number of carbonyl (C=O) groups is 1. The van der Waals surface area contributed by atoms with Gasteiger partial charge in [-0.15, -0.1) is 0 Å². The molecule has 1 aromatic carbocycles. The molecule has 0 saturated heterocycles. The molecule has 0 atom stereocenters. The predicted octanol–water partition coefficient (Wildman–Crippen LogP) is 2.72. The van der Waals surface area contributed by atoms with Crippen LogP contribution in [0.25, 0.3) is 6.08 Å². The summed E-state index contributed by atoms with van der Waals surface area (Å²) in [5, 5.41) is 0. The number of rotatable bonds is 3. The van der Waals surface area contributed by atoms with Crippen LogP contribution in [0.15, 0.2) is 42.4 Å². The van der Waals surface area contributed by atoms with Gasteiger partial charge >= 0.3 is 0 Å². The number of ketones is 1. The molecular formula is C16H13NO4. The Labute approximate surface area is 121 Å². The van der Waals surface area contributed by atoms with Crippen LogP contribution >= 0.6 is 0 Å². The number of fused-ring (bicyclic) bond motifs is 1. The van der Waals surface area contributed by atoms with Crippen molar-refractivity contribution in [2.75, 3.05) is 14.2 Å². The Bertz CT molecular complexity index is 723. The first-order chi connectivity index (χ1) is 10.2. The Hall–Kier alpha value is -2.82. The van der Waals surface area contributed by atoms with Crippen molar-refractivity contribution in [3.8, 4) is 17.2 Å². The van der Waals surface area contributed by atoms with Crippen LogP contribution in [-0.4, -0.2) is 25.0 Å². The van der Waals surface area contributed by atoms with E-state index in [0.29, 0.717) is 22.8 Å². The highest BCUT2D eigenvalue weighted by atomic mass is 16.5. The van der Waals surface area contributed by atoms with E-state index in [9.17, 15) is 4.79 Å². The Morgan fingerprint density at radius 3 is 2.76 bits per heavy atom. The third kappa shape index (κ3) is 2.33. The van der Waals surface area contributed by atoms with E-state index >= 15 is 0 Å². The number of carbonyl (C=O) groups excluding carboxylic acids is 1. The van der Waals surface area contributed by atoms with Gasteiger partial charge in [-0.05, 0) is 17.7 Å². The second-order valence-electron chi connectivity index (χ2n) is 4.43. The number of pyridine rings is 1. The lowest BCUT2D eigenvalue weighted by Crippen LogP contribution is -2.00. The minimum absolute atomic E-state index is 0.214. The van der Waals surface area contributed by atoms with Gasteiger partial charge in [0.1, 0.15) is 22.8 Å². The molecule has 5 heteroatoms. The van der Waals surface area contributed by atoms with E-state index < -0.39 is 0 Å². The molecule has 0 bridgehead atoms. The Morgan fingerprint density at radius 1 is 1.24 bits per heavy atom. The van der Waals surface area contributed by atoms with Gasteiger partial charge < -0.3 is 14.2 Å². The van der Waals surface area contributed by atoms with Crippen LogP contribution in [0.5, 0.6) is 17.2 Å². The predicted molar refractivity (Wildman–Crippen MR) is 76.7 cm³/mol. The minimum Gasteiger partial charge on any atom is -0.496 e. The molecule has 5 nitrogen and oxygen atoms in total. The van der Waals surface area contributed by atoms with Crippen LogP contribution in [0, 0.1) is 0 Å². The highest BCUT2D eigenvalue weighted by Crippen LogP contribution is 2.41. The third-order valence-electron chi connectivity index (χ3n) is 3.15. The second kappa shape index (κ2) is 5.28. The molecule has 106 valence electrons. The Kier molecular flexibility index (Phi) is 3.31. The van der Waals surface area contributed by atoms with E-state index in [1.807, 2.05) is 6.07 Å². The fourth-order valence-electron chi connectivity index (χ4n) is 2.14. The topological polar surface area (TPSA) is 57.6 Å². The molecule has 0 amide bonds. The molecule has 1 aliphatic rings. The molecule has 0 N–H and O–H groups in total. The summed E-state index contributed by atoms with van der Waals surface area (Å²) in [7, 11) is 3.05. The van der Waals surface area contributed by atoms with Crippen LogP contribution in [0.2, 0.25) is 0 Å². The molecule has 1 aromatic heterocycles. The minimum atomic E-state index is -0.214. The Balaban J connectivity index is 2.04. The van der Waals surface area contributed by atoms with Gasteiger partial charge in [-0.2, -0.15) is 0 Å². The van der Waals surface area contributed by atoms with Crippen molar-refractivity contribution < 1.29 is 19.0 Å². The summed E-state index contributed by atoms with van der Waals surface area (Å²) in [5.41, 5.74) is 1.20. The summed E-state index contributed by atoms with van der Waals surface area (Å²) in [6.45, 7) is 0. The van der Waals surface area contributed by atoms with Gasteiger partial charge in [-0.3, -0.25) is 9.78 Å². The van der Waals surface area contributed by atoms with Crippen molar-refractivity contribution in [1.29, 1.82) is 0 Å². The molecule has 0 radical (unpaired) electrons. The van der Waals surface area contributed by atoms with Crippen LogP contribution in [-0.2, 0) is 0 Å². The molecule has 0 fully saturated rings. The maximum absolute atomic E-state index is 12.4. The van der Waals surface area contributed by atoms with Crippen molar-refractivity contribution in [2.24, 2.45) is 0 Å². The molecule has 0 spiro atoms. The average molecular weight is 283 g/mol. The van der Waals surface area contributed by atoms with Crippen molar-refractivity contribution in [1.82, 2.24) is 4.98 Å². The van der Waals surface area contributed by atoms with Crippen LogP contribution in [0.4, 0.5) is 0 Å². The highest BCUT2D eigenvalue weighted by molar-refractivity contribution is 6.16. The van der Waals surface area contributed by atoms with Crippen molar-refractivity contribution in [3.05, 3.63) is 53.5 Å². The third-order valence-corrected chi connectivity index (χ3v) is 3.15. The first-order valence-corrected chi connectivity index (χ1v) is 6.33. The average Bonchev–Trinajstić information content (AvgIpc) is 2.83. The largest absolute Gasteiger partial charge is 0.496 e. The van der Waals surface area contributed by atoms with Crippen molar-refractivity contribution >= 4 is 11.9 Å². The summed E-state index contributed by atoms with van der Waals surface area (Å²) < 4.78 is 16.0. The highest BCUT2D eigenvalue weighted by Gasteiger charge is 2.32. The number of hydrogen-bond acceptors (Lipinski definition) is 5. The summed E-state index contributed by atoms with van der Waals surface area (Å²) in [6.07, 6.45) is 4.98. The lowest BCUT2D eigenvalue weighted by Gasteiger charge is -2.07. The zero-order valence-corrected chi connectivity index (χ0v) is 11.6. The molecule has 3 rings (SSSR count). The van der Waals surface area contributed by atoms with Gasteiger partial charge in [0, 0.05) is 24.5 Å². The molecular weight excluding hydrogens is 270 g/mol. The summed E-state index contributed by atoms with van der Waals surface area (Å²) in [5.74, 6) is 1.47. The first kappa shape index (κ1) is 13.2. The van der Waals surface area contributed by atoms with Gasteiger partial charge in [-0.1, -0.05) is 6.07 Å². The number of allylic oxidation sites excluding steroid dienone is 1. The fourth-order valence-corrected chi connectivity index (χ4v) is 2.14. The first-order valence-electron chi connectivity index (χ1n) is 6.33. The molecule has 21 heavy (non-hydrogen) atoms. The van der Waals surface area contributed by atoms with Crippen LogP contribution in [0.3, 0.4) is 0 Å². The molecule has 2 aromatic rings. The molecule has 0 saturated carbocycles. The van der Waals surface area contributed by atoms with Crippen LogP contribution < -0.4 is 14.2 Å². The van der Waals surface area contributed by atoms with Gasteiger partial charge in [0.2, 0.25) is 5.78 Å².